The summed E-state index contributed by atoms with van der Waals surface area (Å²) in [5, 5.41) is 8.37. The highest BCUT2D eigenvalue weighted by atomic mass is 35.5. The zero-order chi connectivity index (χ0) is 25.2. The Balaban J connectivity index is 0.994. The first-order valence-corrected chi connectivity index (χ1v) is 13.3. The summed E-state index contributed by atoms with van der Waals surface area (Å²) < 4.78 is 0. The number of aromatic nitrogens is 4. The number of pyridine rings is 3. The van der Waals surface area contributed by atoms with Crippen molar-refractivity contribution in [2.45, 2.75) is 44.3 Å². The monoisotopic (exact) mass is 515 g/mol. The van der Waals surface area contributed by atoms with Crippen molar-refractivity contribution in [1.29, 1.82) is 0 Å². The first kappa shape index (κ1) is 23.9. The SMILES string of the molecule is O=C(NC1CCC(Nc2cc(-c3c[nH]c4ncccc34)cc(Cl)n2)CC1)C1CN(Cc2ccccn2)C1. The van der Waals surface area contributed by atoms with E-state index in [4.69, 9.17) is 11.6 Å². The molecule has 9 heteroatoms. The number of aromatic amines is 1. The number of H-pyrrole nitrogens is 1. The fourth-order valence-electron chi connectivity index (χ4n) is 5.42. The van der Waals surface area contributed by atoms with Gasteiger partial charge in [0.05, 0.1) is 11.6 Å². The van der Waals surface area contributed by atoms with E-state index in [1.165, 1.54) is 0 Å². The van der Waals surface area contributed by atoms with Crippen molar-refractivity contribution >= 4 is 34.4 Å². The molecule has 6 rings (SSSR count). The Kier molecular flexibility index (Phi) is 6.76. The lowest BCUT2D eigenvalue weighted by molar-refractivity contribution is -0.131. The van der Waals surface area contributed by atoms with Crippen molar-refractivity contribution in [1.82, 2.24) is 30.2 Å². The van der Waals surface area contributed by atoms with Crippen LogP contribution < -0.4 is 10.6 Å². The number of carbonyl (C=O) groups excluding carboxylic acids is 1. The zero-order valence-corrected chi connectivity index (χ0v) is 21.3. The molecule has 4 aromatic heterocycles. The van der Waals surface area contributed by atoms with E-state index >= 15 is 0 Å². The van der Waals surface area contributed by atoms with E-state index in [0.717, 1.165) is 79.0 Å². The maximum atomic E-state index is 12.7. The number of nitrogens with one attached hydrogen (secondary N) is 3. The molecule has 2 fully saturated rings. The summed E-state index contributed by atoms with van der Waals surface area (Å²) in [7, 11) is 0. The fourth-order valence-corrected chi connectivity index (χ4v) is 5.63. The number of hydrogen-bond acceptors (Lipinski definition) is 6. The zero-order valence-electron chi connectivity index (χ0n) is 20.5. The van der Waals surface area contributed by atoms with Gasteiger partial charge in [-0.15, -0.1) is 0 Å². The van der Waals surface area contributed by atoms with Crippen LogP contribution in [0.25, 0.3) is 22.2 Å². The van der Waals surface area contributed by atoms with E-state index in [1.54, 1.807) is 6.20 Å². The highest BCUT2D eigenvalue weighted by Crippen LogP contribution is 2.31. The summed E-state index contributed by atoms with van der Waals surface area (Å²) in [6.45, 7) is 2.40. The van der Waals surface area contributed by atoms with Crippen molar-refractivity contribution in [3.05, 3.63) is 71.9 Å². The van der Waals surface area contributed by atoms with Crippen LogP contribution in [0.3, 0.4) is 0 Å². The minimum atomic E-state index is 0.0772. The quantitative estimate of drug-likeness (QED) is 0.310. The summed E-state index contributed by atoms with van der Waals surface area (Å²) in [6.07, 6.45) is 9.40. The lowest BCUT2D eigenvalue weighted by atomic mass is 9.90. The second-order valence-electron chi connectivity index (χ2n) is 10.1. The third kappa shape index (κ3) is 5.45. The van der Waals surface area contributed by atoms with Crippen LogP contribution in [0.2, 0.25) is 5.15 Å². The molecule has 1 amide bonds. The Morgan fingerprint density at radius 2 is 1.84 bits per heavy atom. The van der Waals surface area contributed by atoms with Gasteiger partial charge in [-0.2, -0.15) is 0 Å². The summed E-state index contributed by atoms with van der Waals surface area (Å²) >= 11 is 6.39. The maximum Gasteiger partial charge on any atom is 0.225 e. The Morgan fingerprint density at radius 1 is 1.03 bits per heavy atom. The highest BCUT2D eigenvalue weighted by molar-refractivity contribution is 6.29. The van der Waals surface area contributed by atoms with E-state index in [0.29, 0.717) is 11.2 Å². The van der Waals surface area contributed by atoms with Gasteiger partial charge in [0.15, 0.2) is 0 Å². The van der Waals surface area contributed by atoms with Crippen LogP contribution in [0.4, 0.5) is 5.82 Å². The third-order valence-corrected chi connectivity index (χ3v) is 7.62. The number of likely N-dealkylation sites (tertiary alicyclic amines) is 1. The molecule has 0 spiro atoms. The molecule has 5 heterocycles. The number of nitrogens with zero attached hydrogens (tertiary/aromatic N) is 4. The van der Waals surface area contributed by atoms with Crippen LogP contribution in [0.1, 0.15) is 31.4 Å². The smallest absolute Gasteiger partial charge is 0.225 e. The number of fused-ring (bicyclic) bond motifs is 1. The van der Waals surface area contributed by atoms with Gasteiger partial charge >= 0.3 is 0 Å². The molecule has 1 aliphatic heterocycles. The molecular weight excluding hydrogens is 486 g/mol. The lowest BCUT2D eigenvalue weighted by Gasteiger charge is -2.39. The van der Waals surface area contributed by atoms with Gasteiger partial charge in [0.25, 0.3) is 0 Å². The molecule has 1 aliphatic carbocycles. The minimum Gasteiger partial charge on any atom is -0.367 e. The molecule has 3 N–H and O–H groups in total. The number of anilines is 1. The van der Waals surface area contributed by atoms with Crippen molar-refractivity contribution in [3.63, 3.8) is 0 Å². The molecule has 0 atom stereocenters. The van der Waals surface area contributed by atoms with Crippen LogP contribution in [-0.4, -0.2) is 55.9 Å². The Labute approximate surface area is 220 Å². The second-order valence-corrected chi connectivity index (χ2v) is 10.5. The summed E-state index contributed by atoms with van der Waals surface area (Å²) in [5.74, 6) is 1.03. The Morgan fingerprint density at radius 3 is 2.65 bits per heavy atom. The first-order valence-electron chi connectivity index (χ1n) is 12.9. The van der Waals surface area contributed by atoms with Crippen LogP contribution in [0.5, 0.6) is 0 Å². The summed E-state index contributed by atoms with van der Waals surface area (Å²) in [5.41, 5.74) is 3.95. The van der Waals surface area contributed by atoms with Gasteiger partial charge in [-0.25, -0.2) is 9.97 Å². The standard InChI is InChI=1S/C28H30ClN7O/c29-25-12-18(24-14-32-27-23(24)5-3-11-31-27)13-26(35-25)33-20-6-8-21(9-7-20)34-28(37)19-15-36(16-19)17-22-4-1-2-10-30-22/h1-5,10-14,19-21H,6-9,15-17H2,(H,31,32)(H,33,35)(H,34,37). The van der Waals surface area contributed by atoms with E-state index in [9.17, 15) is 4.79 Å². The molecule has 4 aromatic rings. The lowest BCUT2D eigenvalue weighted by Crippen LogP contribution is -2.55. The third-order valence-electron chi connectivity index (χ3n) is 7.42. The molecule has 1 saturated heterocycles. The van der Waals surface area contributed by atoms with Crippen molar-refractivity contribution < 1.29 is 4.79 Å². The van der Waals surface area contributed by atoms with Crippen molar-refractivity contribution in [3.8, 4) is 11.1 Å². The number of halogens is 1. The predicted molar refractivity (Wildman–Crippen MR) is 145 cm³/mol. The van der Waals surface area contributed by atoms with Crippen LogP contribution in [0, 0.1) is 5.92 Å². The molecular formula is C28H30ClN7O. The van der Waals surface area contributed by atoms with Crippen LogP contribution in [-0.2, 0) is 11.3 Å². The number of hydrogen-bond donors (Lipinski definition) is 3. The molecule has 0 bridgehead atoms. The van der Waals surface area contributed by atoms with E-state index in [2.05, 4.69) is 35.5 Å². The van der Waals surface area contributed by atoms with Gasteiger partial charge in [0.1, 0.15) is 16.6 Å². The number of carbonyl (C=O) groups is 1. The van der Waals surface area contributed by atoms with Crippen LogP contribution in [0.15, 0.2) is 61.1 Å². The molecule has 2 aliphatic rings. The van der Waals surface area contributed by atoms with Crippen molar-refractivity contribution in [2.24, 2.45) is 5.92 Å². The van der Waals surface area contributed by atoms with Crippen molar-refractivity contribution in [2.75, 3.05) is 18.4 Å². The normalized spacial score (nSPS) is 20.5. The van der Waals surface area contributed by atoms with Gasteiger partial charge in [-0.05, 0) is 67.6 Å². The summed E-state index contributed by atoms with van der Waals surface area (Å²) in [4.78, 5) is 31.5. The number of amides is 1. The summed E-state index contributed by atoms with van der Waals surface area (Å²) in [6, 6.07) is 14.4. The first-order chi connectivity index (χ1) is 18.1. The predicted octanol–water partition coefficient (Wildman–Crippen LogP) is 4.64. The molecule has 0 unspecified atom stereocenters. The van der Waals surface area contributed by atoms with Crippen LogP contribution >= 0.6 is 11.6 Å². The Hall–Kier alpha value is -3.49. The van der Waals surface area contributed by atoms with Gasteiger partial charge in [0.2, 0.25) is 5.91 Å². The van der Waals surface area contributed by atoms with E-state index in [1.807, 2.05) is 54.9 Å². The average Bonchev–Trinajstić information content (AvgIpc) is 3.32. The minimum absolute atomic E-state index is 0.0772. The Bertz CT molecular complexity index is 1380. The molecule has 0 radical (unpaired) electrons. The van der Waals surface area contributed by atoms with E-state index < -0.39 is 0 Å². The molecule has 1 saturated carbocycles. The van der Waals surface area contributed by atoms with Gasteiger partial charge in [-0.1, -0.05) is 17.7 Å². The average molecular weight is 516 g/mol. The van der Waals surface area contributed by atoms with Gasteiger partial charge in [-0.3, -0.25) is 14.7 Å². The fraction of sp³-hybridized carbons (Fsp3) is 0.357. The van der Waals surface area contributed by atoms with Gasteiger partial charge < -0.3 is 15.6 Å². The molecule has 37 heavy (non-hydrogen) atoms. The van der Waals surface area contributed by atoms with Gasteiger partial charge in [0, 0.05) is 61.3 Å². The molecule has 0 aromatic carbocycles. The number of rotatable bonds is 7. The molecule has 190 valence electrons. The molecule has 8 nitrogen and oxygen atoms in total. The topological polar surface area (TPSA) is 98.8 Å². The highest BCUT2D eigenvalue weighted by Gasteiger charge is 2.34. The maximum absolute atomic E-state index is 12.7. The van der Waals surface area contributed by atoms with E-state index in [-0.39, 0.29) is 17.9 Å². The largest absolute Gasteiger partial charge is 0.367 e. The second kappa shape index (κ2) is 10.5.